The van der Waals surface area contributed by atoms with Gasteiger partial charge < -0.3 is 0 Å². The lowest BCUT2D eigenvalue weighted by molar-refractivity contribution is 0.901. The maximum absolute atomic E-state index is 8.73. The van der Waals surface area contributed by atoms with Crippen molar-refractivity contribution in [2.24, 2.45) is 0 Å². The average Bonchev–Trinajstić information content (AvgIpc) is 2.16. The van der Waals surface area contributed by atoms with Crippen LogP contribution in [0.3, 0.4) is 0 Å². The van der Waals surface area contributed by atoms with Gasteiger partial charge in [-0.15, -0.1) is 11.8 Å². The van der Waals surface area contributed by atoms with Crippen LogP contribution in [0.1, 0.15) is 25.8 Å². The number of aromatic nitrogens is 1. The average molecular weight is 227 g/mol. The highest BCUT2D eigenvalue weighted by atomic mass is 35.5. The van der Waals surface area contributed by atoms with E-state index in [1.54, 1.807) is 23.9 Å². The smallest absolute Gasteiger partial charge is 0.131 e. The van der Waals surface area contributed by atoms with Gasteiger partial charge in [0.2, 0.25) is 0 Å². The van der Waals surface area contributed by atoms with Crippen molar-refractivity contribution in [3.63, 3.8) is 0 Å². The molecule has 1 aromatic rings. The number of pyridine rings is 1. The molecule has 0 aliphatic rings. The largest absolute Gasteiger partial charge is 0.230 e. The van der Waals surface area contributed by atoms with Crippen molar-refractivity contribution in [3.05, 3.63) is 22.8 Å². The minimum absolute atomic E-state index is 0.384. The van der Waals surface area contributed by atoms with Gasteiger partial charge in [0, 0.05) is 5.25 Å². The Balaban J connectivity index is 2.88. The Hall–Kier alpha value is -0.720. The molecule has 2 nitrogen and oxygen atoms in total. The van der Waals surface area contributed by atoms with Crippen LogP contribution in [0, 0.1) is 11.3 Å². The molecule has 0 N–H and O–H groups in total. The zero-order valence-electron chi connectivity index (χ0n) is 8.12. The number of rotatable bonds is 3. The Kier molecular flexibility index (Phi) is 4.24. The molecule has 0 radical (unpaired) electrons. The Morgan fingerprint density at radius 1 is 1.64 bits per heavy atom. The van der Waals surface area contributed by atoms with Crippen LogP contribution in [0.5, 0.6) is 0 Å². The molecule has 0 aliphatic carbocycles. The second-order valence-corrected chi connectivity index (χ2v) is 4.81. The molecule has 14 heavy (non-hydrogen) atoms. The maximum atomic E-state index is 8.73. The summed E-state index contributed by atoms with van der Waals surface area (Å²) >= 11 is 7.42. The lowest BCUT2D eigenvalue weighted by Gasteiger charge is -2.07. The molecule has 0 aliphatic heterocycles. The van der Waals surface area contributed by atoms with E-state index in [0.29, 0.717) is 16.0 Å². The molecule has 0 amide bonds. The summed E-state index contributed by atoms with van der Waals surface area (Å²) in [6, 6.07) is 5.40. The van der Waals surface area contributed by atoms with Crippen LogP contribution in [0.2, 0.25) is 5.15 Å². The van der Waals surface area contributed by atoms with E-state index in [1.165, 1.54) is 0 Å². The van der Waals surface area contributed by atoms with Gasteiger partial charge in [-0.25, -0.2) is 4.98 Å². The van der Waals surface area contributed by atoms with Crippen LogP contribution in [-0.4, -0.2) is 10.2 Å². The predicted octanol–water partition coefficient (Wildman–Crippen LogP) is 3.50. The standard InChI is InChI=1S/C10H11ClN2S/c1-3-7(2)14-10-5-8(6-12)4-9(11)13-10/h4-5,7H,3H2,1-2H3. The molecule has 0 saturated carbocycles. The van der Waals surface area contributed by atoms with Gasteiger partial charge in [0.1, 0.15) is 5.15 Å². The summed E-state index contributed by atoms with van der Waals surface area (Å²) < 4.78 is 0. The van der Waals surface area contributed by atoms with Gasteiger partial charge in [-0.05, 0) is 18.6 Å². The molecule has 0 spiro atoms. The molecule has 1 aromatic heterocycles. The molecule has 0 bridgehead atoms. The predicted molar refractivity (Wildman–Crippen MR) is 59.6 cm³/mol. The fourth-order valence-corrected chi connectivity index (χ4v) is 2.07. The molecule has 74 valence electrons. The third-order valence-corrected chi connectivity index (χ3v) is 3.18. The first-order valence-electron chi connectivity index (χ1n) is 4.40. The molecule has 1 heterocycles. The Morgan fingerprint density at radius 3 is 2.93 bits per heavy atom. The van der Waals surface area contributed by atoms with Crippen LogP contribution in [-0.2, 0) is 0 Å². The third-order valence-electron chi connectivity index (χ3n) is 1.80. The molecule has 0 fully saturated rings. The zero-order chi connectivity index (χ0) is 10.6. The number of thioether (sulfide) groups is 1. The first-order valence-corrected chi connectivity index (χ1v) is 5.65. The highest BCUT2D eigenvalue weighted by molar-refractivity contribution is 7.99. The molecular formula is C10H11ClN2S. The Labute approximate surface area is 93.3 Å². The third kappa shape index (κ3) is 3.21. The molecule has 0 saturated heterocycles. The van der Waals surface area contributed by atoms with Gasteiger partial charge in [-0.3, -0.25) is 0 Å². The summed E-state index contributed by atoms with van der Waals surface area (Å²) in [7, 11) is 0. The van der Waals surface area contributed by atoms with Gasteiger partial charge in [0.25, 0.3) is 0 Å². The fraction of sp³-hybridized carbons (Fsp3) is 0.400. The van der Waals surface area contributed by atoms with Gasteiger partial charge in [0.15, 0.2) is 0 Å². The summed E-state index contributed by atoms with van der Waals surface area (Å²) in [6.07, 6.45) is 1.07. The number of hydrogen-bond acceptors (Lipinski definition) is 3. The summed E-state index contributed by atoms with van der Waals surface area (Å²) in [5.74, 6) is 0. The van der Waals surface area contributed by atoms with Crippen molar-refractivity contribution in [1.82, 2.24) is 4.98 Å². The van der Waals surface area contributed by atoms with E-state index < -0.39 is 0 Å². The van der Waals surface area contributed by atoms with E-state index in [9.17, 15) is 0 Å². The quantitative estimate of drug-likeness (QED) is 0.585. The van der Waals surface area contributed by atoms with E-state index >= 15 is 0 Å². The molecule has 1 rings (SSSR count). The topological polar surface area (TPSA) is 36.7 Å². The zero-order valence-corrected chi connectivity index (χ0v) is 9.69. The van der Waals surface area contributed by atoms with Crippen LogP contribution in [0.4, 0.5) is 0 Å². The minimum atomic E-state index is 0.384. The van der Waals surface area contributed by atoms with E-state index in [1.807, 2.05) is 0 Å². The second-order valence-electron chi connectivity index (χ2n) is 2.97. The van der Waals surface area contributed by atoms with Crippen LogP contribution >= 0.6 is 23.4 Å². The minimum Gasteiger partial charge on any atom is -0.230 e. The molecule has 4 heteroatoms. The van der Waals surface area contributed by atoms with Crippen LogP contribution < -0.4 is 0 Å². The highest BCUT2D eigenvalue weighted by Crippen LogP contribution is 2.25. The molecule has 0 aromatic carbocycles. The summed E-state index contributed by atoms with van der Waals surface area (Å²) in [4.78, 5) is 4.15. The van der Waals surface area contributed by atoms with Crippen molar-refractivity contribution >= 4 is 23.4 Å². The molecule has 1 atom stereocenters. The van der Waals surface area contributed by atoms with Crippen molar-refractivity contribution in [1.29, 1.82) is 5.26 Å². The van der Waals surface area contributed by atoms with Crippen molar-refractivity contribution in [2.45, 2.75) is 30.5 Å². The normalized spacial score (nSPS) is 12.1. The maximum Gasteiger partial charge on any atom is 0.131 e. The van der Waals surface area contributed by atoms with Crippen molar-refractivity contribution in [2.75, 3.05) is 0 Å². The van der Waals surface area contributed by atoms with E-state index in [4.69, 9.17) is 16.9 Å². The lowest BCUT2D eigenvalue weighted by atomic mass is 10.3. The Bertz CT molecular complexity index is 360. The van der Waals surface area contributed by atoms with E-state index in [2.05, 4.69) is 24.9 Å². The van der Waals surface area contributed by atoms with Crippen LogP contribution in [0.25, 0.3) is 0 Å². The van der Waals surface area contributed by atoms with Crippen LogP contribution in [0.15, 0.2) is 17.2 Å². The summed E-state index contributed by atoms with van der Waals surface area (Å²) in [5.41, 5.74) is 0.566. The number of nitriles is 1. The molecular weight excluding hydrogens is 216 g/mol. The summed E-state index contributed by atoms with van der Waals surface area (Å²) in [6.45, 7) is 4.24. The SMILES string of the molecule is CCC(C)Sc1cc(C#N)cc(Cl)n1. The lowest BCUT2D eigenvalue weighted by Crippen LogP contribution is -1.94. The number of halogens is 1. The van der Waals surface area contributed by atoms with Crippen molar-refractivity contribution in [3.8, 4) is 6.07 Å². The molecule has 1 unspecified atom stereocenters. The van der Waals surface area contributed by atoms with E-state index in [-0.39, 0.29) is 0 Å². The number of hydrogen-bond donors (Lipinski definition) is 0. The van der Waals surface area contributed by atoms with Gasteiger partial charge in [-0.2, -0.15) is 5.26 Å². The first kappa shape index (κ1) is 11.4. The van der Waals surface area contributed by atoms with Gasteiger partial charge >= 0.3 is 0 Å². The Morgan fingerprint density at radius 2 is 2.36 bits per heavy atom. The summed E-state index contributed by atoms with van der Waals surface area (Å²) in [5, 5.41) is 10.4. The monoisotopic (exact) mass is 226 g/mol. The fourth-order valence-electron chi connectivity index (χ4n) is 0.887. The van der Waals surface area contributed by atoms with Gasteiger partial charge in [-0.1, -0.05) is 25.4 Å². The van der Waals surface area contributed by atoms with Gasteiger partial charge in [0.05, 0.1) is 16.7 Å². The second kappa shape index (κ2) is 5.23. The highest BCUT2D eigenvalue weighted by Gasteiger charge is 2.05. The number of nitrogens with zero attached hydrogens (tertiary/aromatic N) is 2. The van der Waals surface area contributed by atoms with Crippen molar-refractivity contribution < 1.29 is 0 Å². The van der Waals surface area contributed by atoms with E-state index in [0.717, 1.165) is 11.4 Å². The first-order chi connectivity index (χ1) is 6.65.